The average Bonchev–Trinajstić information content (AvgIpc) is 1.58. The van der Waals surface area contributed by atoms with Crippen molar-refractivity contribution in [2.75, 3.05) is 6.66 Å². The minimum atomic E-state index is -5.24. The normalized spacial score (nSPS) is 13.9. The van der Waals surface area contributed by atoms with Crippen LogP contribution in [0.25, 0.3) is 0 Å². The van der Waals surface area contributed by atoms with E-state index in [4.69, 9.17) is 0 Å². The van der Waals surface area contributed by atoms with Crippen molar-refractivity contribution >= 4 is 13.2 Å². The van der Waals surface area contributed by atoms with Crippen molar-refractivity contribution in [3.8, 4) is 0 Å². The standard InChI is InChI=1S/C4H5F6P.Li/c1-11(2,3(5,6)7)4(8,9)10;/h1H2,2H3;/q;+1. The van der Waals surface area contributed by atoms with Crippen molar-refractivity contribution in [1.29, 1.82) is 0 Å². The molecule has 0 rings (SSSR count). The zero-order chi connectivity index (χ0) is 9.50. The van der Waals surface area contributed by atoms with E-state index in [0.29, 0.717) is 0 Å². The quantitative estimate of drug-likeness (QED) is 0.299. The van der Waals surface area contributed by atoms with Crippen LogP contribution < -0.4 is 18.9 Å². The molecule has 0 nitrogen and oxygen atoms in total. The van der Waals surface area contributed by atoms with Gasteiger partial charge < -0.3 is 0 Å². The van der Waals surface area contributed by atoms with Crippen LogP contribution in [0.1, 0.15) is 0 Å². The zero-order valence-corrected chi connectivity index (χ0v) is 7.32. The van der Waals surface area contributed by atoms with Gasteiger partial charge in [0.1, 0.15) is 0 Å². The molecule has 68 valence electrons. The summed E-state index contributed by atoms with van der Waals surface area (Å²) in [6.07, 6.45) is 2.17. The van der Waals surface area contributed by atoms with E-state index in [1.165, 1.54) is 0 Å². The summed E-state index contributed by atoms with van der Waals surface area (Å²) in [5.41, 5.74) is 0. The van der Waals surface area contributed by atoms with Crippen LogP contribution in [0, 0.1) is 0 Å². The van der Waals surface area contributed by atoms with Gasteiger partial charge in [-0.25, -0.2) is 0 Å². The molecule has 0 heterocycles. The van der Waals surface area contributed by atoms with Crippen LogP contribution in [0.4, 0.5) is 26.3 Å². The predicted molar refractivity (Wildman–Crippen MR) is 32.1 cm³/mol. The molecular formula is C4H5F6LiP+. The second-order valence-electron chi connectivity index (χ2n) is 2.13. The number of rotatable bonds is 0. The fraction of sp³-hybridized carbons (Fsp3) is 0.750. The third-order valence-corrected chi connectivity index (χ3v) is 3.36. The van der Waals surface area contributed by atoms with Gasteiger partial charge in [0.15, 0.2) is 0 Å². The molecule has 8 heteroatoms. The first-order valence-corrected chi connectivity index (χ1v) is 4.77. The van der Waals surface area contributed by atoms with Crippen molar-refractivity contribution < 1.29 is 45.2 Å². The topological polar surface area (TPSA) is 0 Å². The van der Waals surface area contributed by atoms with Crippen molar-refractivity contribution in [1.82, 2.24) is 0 Å². The van der Waals surface area contributed by atoms with Crippen molar-refractivity contribution in [3.63, 3.8) is 0 Å². The molecule has 0 spiro atoms. The molecule has 0 bridgehead atoms. The van der Waals surface area contributed by atoms with E-state index in [-0.39, 0.29) is 25.5 Å². The molecule has 0 atom stereocenters. The number of hydrogen-bond donors (Lipinski definition) is 0. The summed E-state index contributed by atoms with van der Waals surface area (Å²) < 4.78 is 69.6. The van der Waals surface area contributed by atoms with Gasteiger partial charge in [0.25, 0.3) is 0 Å². The number of halogens is 6. The molecule has 0 aliphatic heterocycles. The number of hydrogen-bond acceptors (Lipinski definition) is 0. The van der Waals surface area contributed by atoms with Gasteiger partial charge in [-0.3, -0.25) is 0 Å². The minimum absolute atomic E-state index is 0. The Balaban J connectivity index is 0. The summed E-state index contributed by atoms with van der Waals surface area (Å²) in [5.74, 6) is -10.5. The molecule has 0 amide bonds. The minimum Gasteiger partial charge on any atom is -0.167 e. The summed E-state index contributed by atoms with van der Waals surface area (Å²) in [5, 5.41) is 0. The molecular weight excluding hydrogens is 200 g/mol. The van der Waals surface area contributed by atoms with E-state index >= 15 is 0 Å². The molecule has 12 heavy (non-hydrogen) atoms. The van der Waals surface area contributed by atoms with Crippen molar-refractivity contribution in [3.05, 3.63) is 0 Å². The van der Waals surface area contributed by atoms with Gasteiger partial charge in [-0.1, -0.05) is 6.30 Å². The van der Waals surface area contributed by atoms with Crippen LogP contribution in [-0.2, 0) is 0 Å². The SMILES string of the molecule is C=P(C)(C(F)(F)F)C(F)(F)F.[Li+]. The molecule has 0 saturated carbocycles. The van der Waals surface area contributed by atoms with Crippen LogP contribution in [0.5, 0.6) is 0 Å². The van der Waals surface area contributed by atoms with E-state index in [2.05, 4.69) is 6.30 Å². The predicted octanol–water partition coefficient (Wildman–Crippen LogP) is 0.109. The number of alkyl halides is 6. The zero-order valence-electron chi connectivity index (χ0n) is 6.42. The Bertz CT molecular complexity index is 173. The largest absolute Gasteiger partial charge is 1.00 e. The van der Waals surface area contributed by atoms with Gasteiger partial charge in [-0.05, 0) is 6.66 Å². The molecule has 0 aromatic carbocycles. The average molecular weight is 205 g/mol. The van der Waals surface area contributed by atoms with Crippen molar-refractivity contribution in [2.24, 2.45) is 0 Å². The fourth-order valence-corrected chi connectivity index (χ4v) is 0.431. The van der Waals surface area contributed by atoms with Crippen LogP contribution >= 0.6 is 6.89 Å². The van der Waals surface area contributed by atoms with Gasteiger partial charge >= 0.3 is 30.7 Å². The molecule has 0 aliphatic carbocycles. The summed E-state index contributed by atoms with van der Waals surface area (Å²) in [6, 6.07) is 0. The molecule has 0 aliphatic rings. The second kappa shape index (κ2) is 3.69. The van der Waals surface area contributed by atoms with Gasteiger partial charge in [-0.2, -0.15) is 26.3 Å². The summed E-state index contributed by atoms with van der Waals surface area (Å²) in [7, 11) is 0. The fourth-order valence-electron chi connectivity index (χ4n) is 0.144. The van der Waals surface area contributed by atoms with Crippen LogP contribution in [0.15, 0.2) is 0 Å². The Morgan fingerprint density at radius 1 is 0.917 bits per heavy atom. The Kier molecular flexibility index (Phi) is 4.60. The van der Waals surface area contributed by atoms with Gasteiger partial charge in [-0.15, -0.1) is 0 Å². The van der Waals surface area contributed by atoms with Crippen LogP contribution in [0.2, 0.25) is 0 Å². The molecule has 0 radical (unpaired) electrons. The third-order valence-electron chi connectivity index (χ3n) is 1.12. The molecule has 0 N–H and O–H groups in total. The first kappa shape index (κ1) is 15.0. The first-order chi connectivity index (χ1) is 4.50. The Hall–Kier alpha value is 0.477. The Morgan fingerprint density at radius 2 is 1.08 bits per heavy atom. The maximum Gasteiger partial charge on any atom is 1.00 e. The molecule has 0 aromatic rings. The smallest absolute Gasteiger partial charge is 0.167 e. The Labute approximate surface area is 77.5 Å². The van der Waals surface area contributed by atoms with Crippen LogP contribution in [-0.4, -0.2) is 24.8 Å². The molecule has 0 fully saturated rings. The monoisotopic (exact) mass is 205 g/mol. The van der Waals surface area contributed by atoms with E-state index in [0.717, 1.165) is 0 Å². The van der Waals surface area contributed by atoms with Gasteiger partial charge in [0.2, 0.25) is 0 Å². The maximum absolute atomic E-state index is 11.6. The first-order valence-electron chi connectivity index (χ1n) is 2.34. The van der Waals surface area contributed by atoms with Gasteiger partial charge in [0.05, 0.1) is 6.89 Å². The summed E-state index contributed by atoms with van der Waals surface area (Å²) in [4.78, 5) is 0. The van der Waals surface area contributed by atoms with Crippen molar-refractivity contribution in [2.45, 2.75) is 11.8 Å². The van der Waals surface area contributed by atoms with E-state index in [1.807, 2.05) is 0 Å². The Morgan fingerprint density at radius 3 is 1.08 bits per heavy atom. The maximum atomic E-state index is 11.6. The van der Waals surface area contributed by atoms with E-state index in [1.54, 1.807) is 0 Å². The van der Waals surface area contributed by atoms with E-state index < -0.39 is 18.7 Å². The van der Waals surface area contributed by atoms with E-state index in [9.17, 15) is 26.3 Å². The van der Waals surface area contributed by atoms with Crippen LogP contribution in [0.3, 0.4) is 0 Å². The molecule has 0 unspecified atom stereocenters. The van der Waals surface area contributed by atoms with Gasteiger partial charge in [0, 0.05) is 0 Å². The molecule has 0 aromatic heterocycles. The summed E-state index contributed by atoms with van der Waals surface area (Å²) >= 11 is 0. The second-order valence-corrected chi connectivity index (χ2v) is 5.52. The summed E-state index contributed by atoms with van der Waals surface area (Å²) in [6.45, 7) is -4.96. The molecule has 0 saturated heterocycles. The third kappa shape index (κ3) is 2.76.